The number of halogens is 1. The van der Waals surface area contributed by atoms with Crippen molar-refractivity contribution in [1.29, 1.82) is 0 Å². The molecule has 22 heavy (non-hydrogen) atoms. The van der Waals surface area contributed by atoms with Crippen molar-refractivity contribution >= 4 is 38.7 Å². The minimum absolute atomic E-state index is 0.244. The monoisotopic (exact) mass is 440 g/mol. The summed E-state index contributed by atoms with van der Waals surface area (Å²) in [5, 5.41) is 0. The number of aromatic nitrogens is 1. The Morgan fingerprint density at radius 1 is 1.59 bits per heavy atom. The summed E-state index contributed by atoms with van der Waals surface area (Å²) in [5.74, 6) is -0.420. The van der Waals surface area contributed by atoms with Crippen LogP contribution in [0.25, 0.3) is 0 Å². The first-order valence-corrected chi connectivity index (χ1v) is 9.43. The van der Waals surface area contributed by atoms with Gasteiger partial charge in [0, 0.05) is 31.9 Å². The van der Waals surface area contributed by atoms with Crippen molar-refractivity contribution in [2.75, 3.05) is 19.9 Å². The molecule has 0 radical (unpaired) electrons. The molecule has 0 aliphatic carbocycles. The van der Waals surface area contributed by atoms with Gasteiger partial charge in [0.1, 0.15) is 0 Å². The Morgan fingerprint density at radius 2 is 2.32 bits per heavy atom. The van der Waals surface area contributed by atoms with E-state index in [1.165, 1.54) is 7.11 Å². The van der Waals surface area contributed by atoms with Crippen molar-refractivity contribution in [2.24, 2.45) is 0 Å². The van der Waals surface area contributed by atoms with Crippen LogP contribution in [-0.2, 0) is 30.4 Å². The number of hydrogen-bond donors (Lipinski definition) is 0. The first-order valence-electron chi connectivity index (χ1n) is 6.54. The van der Waals surface area contributed by atoms with Crippen molar-refractivity contribution in [3.05, 3.63) is 30.1 Å². The van der Waals surface area contributed by atoms with E-state index in [2.05, 4.69) is 4.98 Å². The first-order chi connectivity index (χ1) is 10.2. The Kier molecular flexibility index (Phi) is 5.41. The molecule has 9 heteroatoms. The van der Waals surface area contributed by atoms with Gasteiger partial charge in [-0.05, 0) is 34.2 Å². The second-order valence-corrected chi connectivity index (χ2v) is 8.50. The number of pyridine rings is 1. The van der Waals surface area contributed by atoms with Crippen LogP contribution >= 0.6 is 22.6 Å². The molecule has 0 unspecified atom stereocenters. The van der Waals surface area contributed by atoms with Gasteiger partial charge in [0.2, 0.25) is 0 Å². The molecule has 2 heterocycles. The maximum atomic E-state index is 12.2. The highest BCUT2D eigenvalue weighted by atomic mass is 127. The number of likely N-dealkylation sites (tertiary alicyclic amines) is 1. The van der Waals surface area contributed by atoms with Crippen LogP contribution in [0.4, 0.5) is 0 Å². The average molecular weight is 440 g/mol. The van der Waals surface area contributed by atoms with Gasteiger partial charge in [-0.25, -0.2) is 4.79 Å². The molecule has 0 spiro atoms. The molecular weight excluding hydrogens is 423 g/mol. The summed E-state index contributed by atoms with van der Waals surface area (Å²) in [6.07, 6.45) is 4.04. The third-order valence-corrected chi connectivity index (χ3v) is 5.51. The molecule has 1 aliphatic heterocycles. The van der Waals surface area contributed by atoms with E-state index in [1.54, 1.807) is 12.4 Å². The predicted octanol–water partition coefficient (Wildman–Crippen LogP) is 0.936. The van der Waals surface area contributed by atoms with E-state index >= 15 is 0 Å². The second-order valence-electron chi connectivity index (χ2n) is 5.12. The summed E-state index contributed by atoms with van der Waals surface area (Å²) < 4.78 is 31.6. The molecule has 0 N–H and O–H groups in total. The predicted molar refractivity (Wildman–Crippen MR) is 87.7 cm³/mol. The standard InChI is InChI=1S/C13H17IN2O5S/c1-20-12(17)13(14)6-11(21-22(2,18)19)9-16(13)8-10-4-3-5-15-7-10/h3-5,7,11H,6,8-9H2,1-2H3/t11-,13-/m1/s1. The van der Waals surface area contributed by atoms with E-state index in [4.69, 9.17) is 8.92 Å². The number of alkyl halides is 1. The van der Waals surface area contributed by atoms with Gasteiger partial charge in [-0.1, -0.05) is 6.07 Å². The summed E-state index contributed by atoms with van der Waals surface area (Å²) in [6, 6.07) is 3.70. The van der Waals surface area contributed by atoms with Gasteiger partial charge in [0.05, 0.1) is 19.5 Å². The largest absolute Gasteiger partial charge is 0.467 e. The number of nitrogens with zero attached hydrogens (tertiary/aromatic N) is 2. The number of esters is 1. The van der Waals surface area contributed by atoms with Gasteiger partial charge in [0.15, 0.2) is 3.55 Å². The summed E-state index contributed by atoms with van der Waals surface area (Å²) in [5.41, 5.74) is 0.924. The van der Waals surface area contributed by atoms with Crippen LogP contribution in [0.5, 0.6) is 0 Å². The Balaban J connectivity index is 2.22. The summed E-state index contributed by atoms with van der Waals surface area (Å²) in [6.45, 7) is 0.773. The Bertz CT molecular complexity index is 639. The van der Waals surface area contributed by atoms with Gasteiger partial charge in [0.25, 0.3) is 10.1 Å². The summed E-state index contributed by atoms with van der Waals surface area (Å²) in [7, 11) is -2.27. The number of methoxy groups -OCH3 is 1. The highest BCUT2D eigenvalue weighted by molar-refractivity contribution is 14.1. The van der Waals surface area contributed by atoms with Crippen molar-refractivity contribution < 1.29 is 22.1 Å². The number of carbonyl (C=O) groups excluding carboxylic acids is 1. The number of hydrogen-bond acceptors (Lipinski definition) is 7. The van der Waals surface area contributed by atoms with Crippen molar-refractivity contribution in [3.8, 4) is 0 Å². The van der Waals surface area contributed by atoms with Crippen LogP contribution in [-0.4, -0.2) is 53.8 Å². The zero-order chi connectivity index (χ0) is 16.4. The van der Waals surface area contributed by atoms with Crippen molar-refractivity contribution in [1.82, 2.24) is 9.88 Å². The maximum absolute atomic E-state index is 12.2. The fraction of sp³-hybridized carbons (Fsp3) is 0.538. The summed E-state index contributed by atoms with van der Waals surface area (Å²) in [4.78, 5) is 18.1. The third-order valence-electron chi connectivity index (χ3n) is 3.33. The second kappa shape index (κ2) is 6.77. The maximum Gasteiger partial charge on any atom is 0.336 e. The molecule has 0 aromatic carbocycles. The molecule has 7 nitrogen and oxygen atoms in total. The molecule has 1 aliphatic rings. The molecular formula is C13H17IN2O5S. The Morgan fingerprint density at radius 3 is 2.86 bits per heavy atom. The molecule has 1 saturated heterocycles. The Hall–Kier alpha value is -0.780. The highest BCUT2D eigenvalue weighted by Gasteiger charge is 2.51. The number of carbonyl (C=O) groups is 1. The molecule has 122 valence electrons. The number of ether oxygens (including phenoxy) is 1. The first kappa shape index (κ1) is 17.6. The fourth-order valence-corrected chi connectivity index (χ4v) is 4.17. The normalized spacial score (nSPS) is 26.0. The molecule has 2 rings (SSSR count). The Labute approximate surface area is 143 Å². The molecule has 1 aromatic rings. The van der Waals surface area contributed by atoms with E-state index in [0.29, 0.717) is 13.1 Å². The minimum atomic E-state index is -3.58. The smallest absolute Gasteiger partial charge is 0.336 e. The lowest BCUT2D eigenvalue weighted by Crippen LogP contribution is -2.45. The molecule has 0 bridgehead atoms. The molecule has 2 atom stereocenters. The molecule has 0 saturated carbocycles. The SMILES string of the molecule is COC(=O)[C@@]1(I)C[C@@H](OS(C)(=O)=O)CN1Cc1cccnc1. The van der Waals surface area contributed by atoms with Crippen LogP contribution in [0.1, 0.15) is 12.0 Å². The third kappa shape index (κ3) is 4.15. The highest BCUT2D eigenvalue weighted by Crippen LogP contribution is 2.39. The fourth-order valence-electron chi connectivity index (χ4n) is 2.47. The van der Waals surface area contributed by atoms with E-state index in [0.717, 1.165) is 11.8 Å². The lowest BCUT2D eigenvalue weighted by molar-refractivity contribution is -0.147. The van der Waals surface area contributed by atoms with Crippen LogP contribution in [0.15, 0.2) is 24.5 Å². The van der Waals surface area contributed by atoms with E-state index < -0.39 is 25.7 Å². The van der Waals surface area contributed by atoms with Crippen LogP contribution < -0.4 is 0 Å². The number of rotatable bonds is 5. The van der Waals surface area contributed by atoms with Crippen LogP contribution in [0.3, 0.4) is 0 Å². The summed E-state index contributed by atoms with van der Waals surface area (Å²) >= 11 is 2.00. The topological polar surface area (TPSA) is 85.8 Å². The van der Waals surface area contributed by atoms with Gasteiger partial charge in [-0.3, -0.25) is 14.1 Å². The minimum Gasteiger partial charge on any atom is -0.467 e. The van der Waals surface area contributed by atoms with E-state index in [1.807, 2.05) is 39.6 Å². The quantitative estimate of drug-likeness (QED) is 0.222. The zero-order valence-electron chi connectivity index (χ0n) is 12.2. The molecule has 1 aromatic heterocycles. The molecule has 0 amide bonds. The zero-order valence-corrected chi connectivity index (χ0v) is 15.2. The van der Waals surface area contributed by atoms with E-state index in [9.17, 15) is 13.2 Å². The van der Waals surface area contributed by atoms with E-state index in [-0.39, 0.29) is 6.42 Å². The average Bonchev–Trinajstić information content (AvgIpc) is 2.74. The lowest BCUT2D eigenvalue weighted by atomic mass is 10.2. The molecule has 1 fully saturated rings. The van der Waals surface area contributed by atoms with Gasteiger partial charge < -0.3 is 4.74 Å². The van der Waals surface area contributed by atoms with Crippen molar-refractivity contribution in [2.45, 2.75) is 22.6 Å². The lowest BCUT2D eigenvalue weighted by Gasteiger charge is -2.30. The van der Waals surface area contributed by atoms with Gasteiger partial charge in [-0.2, -0.15) is 8.42 Å². The van der Waals surface area contributed by atoms with Crippen molar-refractivity contribution in [3.63, 3.8) is 0 Å². The van der Waals surface area contributed by atoms with Crippen LogP contribution in [0, 0.1) is 0 Å². The van der Waals surface area contributed by atoms with Gasteiger partial charge in [-0.15, -0.1) is 0 Å². The van der Waals surface area contributed by atoms with Gasteiger partial charge >= 0.3 is 5.97 Å². The van der Waals surface area contributed by atoms with Crippen LogP contribution in [0.2, 0.25) is 0 Å².